The summed E-state index contributed by atoms with van der Waals surface area (Å²) in [4.78, 5) is 0. The van der Waals surface area contributed by atoms with Gasteiger partial charge in [0.15, 0.2) is 0 Å². The Labute approximate surface area is 96.6 Å². The van der Waals surface area contributed by atoms with Gasteiger partial charge in [0.05, 0.1) is 9.73 Å². The zero-order valence-electron chi connectivity index (χ0n) is 7.74. The second-order valence-corrected chi connectivity index (χ2v) is 5.86. The van der Waals surface area contributed by atoms with E-state index in [0.29, 0.717) is 11.1 Å². The molecule has 2 rings (SSSR count). The number of hydrogen-bond donors (Lipinski definition) is 0. The number of nitrogens with zero attached hydrogens (tertiary/aromatic N) is 1. The molecule has 1 unspecified atom stereocenters. The van der Waals surface area contributed by atoms with Crippen LogP contribution in [0.2, 0.25) is 0 Å². The normalized spacial score (nSPS) is 13.3. The number of rotatable bonds is 3. The Morgan fingerprint density at radius 3 is 3.07 bits per heavy atom. The van der Waals surface area contributed by atoms with Gasteiger partial charge in [-0.2, -0.15) is 4.37 Å². The molecule has 1 aromatic heterocycles. The molecule has 0 radical (unpaired) electrons. The van der Waals surface area contributed by atoms with E-state index in [1.807, 2.05) is 18.2 Å². The first-order chi connectivity index (χ1) is 6.81. The first-order valence-corrected chi connectivity index (χ1v) is 6.57. The van der Waals surface area contributed by atoms with E-state index in [1.54, 1.807) is 23.3 Å². The summed E-state index contributed by atoms with van der Waals surface area (Å²) in [7, 11) is 0. The molecule has 0 bridgehead atoms. The molecule has 0 fully saturated rings. The van der Waals surface area contributed by atoms with Crippen molar-refractivity contribution in [3.8, 4) is 0 Å². The molecule has 74 valence electrons. The lowest BCUT2D eigenvalue weighted by Gasteiger charge is -2.03. The third-order valence-corrected chi connectivity index (χ3v) is 4.71. The average molecular weight is 244 g/mol. The molecule has 0 amide bonds. The molecular formula is C10H10ClNS2. The van der Waals surface area contributed by atoms with Gasteiger partial charge in [-0.15, -0.1) is 23.4 Å². The highest BCUT2D eigenvalue weighted by atomic mass is 35.5. The fourth-order valence-corrected chi connectivity index (χ4v) is 3.47. The molecule has 0 spiro atoms. The maximum absolute atomic E-state index is 5.78. The van der Waals surface area contributed by atoms with Crippen LogP contribution in [-0.4, -0.2) is 15.5 Å². The summed E-state index contributed by atoms with van der Waals surface area (Å²) in [6.45, 7) is 2.13. The molecule has 0 saturated heterocycles. The van der Waals surface area contributed by atoms with Crippen LogP contribution in [-0.2, 0) is 0 Å². The first kappa shape index (κ1) is 10.3. The molecule has 0 aliphatic rings. The molecule has 1 heterocycles. The second kappa shape index (κ2) is 4.51. The monoisotopic (exact) mass is 243 g/mol. The highest BCUT2D eigenvalue weighted by Gasteiger charge is 2.09. The minimum Gasteiger partial charge on any atom is -0.191 e. The molecule has 1 atom stereocenters. The number of hydrogen-bond acceptors (Lipinski definition) is 3. The van der Waals surface area contributed by atoms with E-state index in [-0.39, 0.29) is 0 Å². The minimum absolute atomic E-state index is 0.445. The molecule has 2 aromatic rings. The third-order valence-electron chi connectivity index (χ3n) is 1.88. The standard InChI is InChI=1S/C10H10ClNS2/c1-7(6-11)13-10-8-4-2-3-5-9(8)12-14-10/h2-5,7H,6H2,1H3. The molecule has 1 aromatic carbocycles. The number of aromatic nitrogens is 1. The zero-order valence-corrected chi connectivity index (χ0v) is 10.1. The van der Waals surface area contributed by atoms with Gasteiger partial charge in [-0.1, -0.05) is 25.1 Å². The van der Waals surface area contributed by atoms with Crippen LogP contribution in [0.25, 0.3) is 10.9 Å². The lowest BCUT2D eigenvalue weighted by Crippen LogP contribution is -1.95. The van der Waals surface area contributed by atoms with Gasteiger partial charge in [0.2, 0.25) is 0 Å². The van der Waals surface area contributed by atoms with E-state index < -0.39 is 0 Å². The summed E-state index contributed by atoms with van der Waals surface area (Å²) < 4.78 is 5.66. The summed E-state index contributed by atoms with van der Waals surface area (Å²) in [5.74, 6) is 0.677. The molecule has 1 nitrogen and oxygen atoms in total. The Balaban J connectivity index is 2.33. The number of thioether (sulfide) groups is 1. The molecule has 0 saturated carbocycles. The predicted molar refractivity (Wildman–Crippen MR) is 65.7 cm³/mol. The van der Waals surface area contributed by atoms with Crippen molar-refractivity contribution in [1.29, 1.82) is 0 Å². The van der Waals surface area contributed by atoms with Crippen molar-refractivity contribution in [3.63, 3.8) is 0 Å². The second-order valence-electron chi connectivity index (χ2n) is 3.07. The van der Waals surface area contributed by atoms with E-state index in [2.05, 4.69) is 17.4 Å². The van der Waals surface area contributed by atoms with Crippen LogP contribution in [0.5, 0.6) is 0 Å². The summed E-state index contributed by atoms with van der Waals surface area (Å²) in [6, 6.07) is 8.22. The SMILES string of the molecule is CC(CCl)Sc1snc2ccccc12. The Bertz CT molecular complexity index is 427. The van der Waals surface area contributed by atoms with Crippen LogP contribution in [0.15, 0.2) is 28.5 Å². The lowest BCUT2D eigenvalue weighted by molar-refractivity contribution is 1.12. The molecule has 0 aliphatic carbocycles. The number of benzene rings is 1. The molecule has 14 heavy (non-hydrogen) atoms. The first-order valence-electron chi connectivity index (χ1n) is 4.38. The van der Waals surface area contributed by atoms with Gasteiger partial charge >= 0.3 is 0 Å². The summed E-state index contributed by atoms with van der Waals surface area (Å²) in [5.41, 5.74) is 1.08. The van der Waals surface area contributed by atoms with Gasteiger partial charge in [-0.05, 0) is 17.6 Å². The largest absolute Gasteiger partial charge is 0.191 e. The van der Waals surface area contributed by atoms with E-state index in [4.69, 9.17) is 11.6 Å². The molecule has 4 heteroatoms. The minimum atomic E-state index is 0.445. The number of halogens is 1. The fraction of sp³-hybridized carbons (Fsp3) is 0.300. The van der Waals surface area contributed by atoms with Crippen LogP contribution in [0.4, 0.5) is 0 Å². The Morgan fingerprint density at radius 2 is 2.29 bits per heavy atom. The smallest absolute Gasteiger partial charge is 0.0888 e. The molecule has 0 N–H and O–H groups in total. The van der Waals surface area contributed by atoms with E-state index in [9.17, 15) is 0 Å². The molecule has 0 aliphatic heterocycles. The van der Waals surface area contributed by atoms with Gasteiger partial charge < -0.3 is 0 Å². The van der Waals surface area contributed by atoms with Crippen molar-refractivity contribution < 1.29 is 0 Å². The Morgan fingerprint density at radius 1 is 1.50 bits per heavy atom. The van der Waals surface area contributed by atoms with Crippen LogP contribution in [0.1, 0.15) is 6.92 Å². The quantitative estimate of drug-likeness (QED) is 0.597. The topological polar surface area (TPSA) is 12.9 Å². The fourth-order valence-electron chi connectivity index (χ4n) is 1.16. The summed E-state index contributed by atoms with van der Waals surface area (Å²) in [5, 5.41) is 1.69. The number of fused-ring (bicyclic) bond motifs is 1. The zero-order chi connectivity index (χ0) is 9.97. The maximum Gasteiger partial charge on any atom is 0.0888 e. The van der Waals surface area contributed by atoms with E-state index in [1.165, 1.54) is 9.60 Å². The van der Waals surface area contributed by atoms with Gasteiger partial charge in [-0.3, -0.25) is 0 Å². The van der Waals surface area contributed by atoms with Crippen molar-refractivity contribution in [2.75, 3.05) is 5.88 Å². The Kier molecular flexibility index (Phi) is 3.31. The summed E-state index contributed by atoms with van der Waals surface area (Å²) >= 11 is 9.15. The molecular weight excluding hydrogens is 234 g/mol. The van der Waals surface area contributed by atoms with Crippen LogP contribution >= 0.6 is 34.9 Å². The van der Waals surface area contributed by atoms with Crippen LogP contribution < -0.4 is 0 Å². The van der Waals surface area contributed by atoms with Crippen molar-refractivity contribution in [2.45, 2.75) is 16.4 Å². The highest BCUT2D eigenvalue weighted by Crippen LogP contribution is 2.34. The highest BCUT2D eigenvalue weighted by molar-refractivity contribution is 8.01. The number of alkyl halides is 1. The van der Waals surface area contributed by atoms with Gasteiger partial charge in [0.25, 0.3) is 0 Å². The van der Waals surface area contributed by atoms with Gasteiger partial charge in [-0.25, -0.2) is 0 Å². The Hall–Kier alpha value is -0.250. The summed E-state index contributed by atoms with van der Waals surface area (Å²) in [6.07, 6.45) is 0. The van der Waals surface area contributed by atoms with Gasteiger partial charge in [0, 0.05) is 16.5 Å². The van der Waals surface area contributed by atoms with Crippen LogP contribution in [0, 0.1) is 0 Å². The van der Waals surface area contributed by atoms with Crippen molar-refractivity contribution in [3.05, 3.63) is 24.3 Å². The third kappa shape index (κ3) is 2.05. The average Bonchev–Trinajstić information content (AvgIpc) is 2.62. The van der Waals surface area contributed by atoms with Gasteiger partial charge in [0.1, 0.15) is 0 Å². The van der Waals surface area contributed by atoms with E-state index >= 15 is 0 Å². The van der Waals surface area contributed by atoms with E-state index in [0.717, 1.165) is 5.52 Å². The maximum atomic E-state index is 5.78. The van der Waals surface area contributed by atoms with Crippen molar-refractivity contribution >= 4 is 45.8 Å². The van der Waals surface area contributed by atoms with Crippen molar-refractivity contribution in [2.24, 2.45) is 0 Å². The predicted octanol–water partition coefficient (Wildman–Crippen LogP) is 4.02. The van der Waals surface area contributed by atoms with Crippen molar-refractivity contribution in [1.82, 2.24) is 4.37 Å². The van der Waals surface area contributed by atoms with Crippen LogP contribution in [0.3, 0.4) is 0 Å². The lowest BCUT2D eigenvalue weighted by atomic mass is 10.3.